The van der Waals surface area contributed by atoms with Gasteiger partial charge in [-0.25, -0.2) is 0 Å². The van der Waals surface area contributed by atoms with Gasteiger partial charge in [-0.1, -0.05) is 66.7 Å². The molecule has 1 aliphatic rings. The zero-order valence-corrected chi connectivity index (χ0v) is 14.9. The number of benzene rings is 3. The molecule has 0 bridgehead atoms. The van der Waals surface area contributed by atoms with Gasteiger partial charge in [-0.2, -0.15) is 0 Å². The molecule has 0 N–H and O–H groups in total. The number of carbonyl (C=O) groups excluding carboxylic acids is 1. The van der Waals surface area contributed by atoms with Crippen LogP contribution in [-0.4, -0.2) is 5.78 Å². The molecule has 0 atom stereocenters. The molecule has 0 aromatic heterocycles. The first-order chi connectivity index (χ1) is 12.7. The lowest BCUT2D eigenvalue weighted by atomic mass is 9.97. The molecule has 0 saturated heterocycles. The van der Waals surface area contributed by atoms with Crippen LogP contribution in [0.5, 0.6) is 0 Å². The van der Waals surface area contributed by atoms with E-state index in [1.54, 1.807) is 6.92 Å². The van der Waals surface area contributed by atoms with Crippen molar-refractivity contribution in [3.8, 4) is 0 Å². The second kappa shape index (κ2) is 7.27. The van der Waals surface area contributed by atoms with Gasteiger partial charge in [-0.15, -0.1) is 0 Å². The zero-order chi connectivity index (χ0) is 17.9. The minimum atomic E-state index is -0.0779. The zero-order valence-electron chi connectivity index (χ0n) is 14.9. The molecule has 0 fully saturated rings. The Bertz CT molecular complexity index is 895. The van der Waals surface area contributed by atoms with Crippen LogP contribution < -0.4 is 0 Å². The van der Waals surface area contributed by atoms with Crippen LogP contribution in [-0.2, 0) is 24.2 Å². The molecule has 4 rings (SSSR count). The Balaban J connectivity index is 1.67. The molecule has 0 radical (unpaired) electrons. The lowest BCUT2D eigenvalue weighted by Crippen LogP contribution is -2.09. The van der Waals surface area contributed by atoms with Crippen molar-refractivity contribution in [2.24, 2.45) is 0 Å². The van der Waals surface area contributed by atoms with Gasteiger partial charge in [0.1, 0.15) is 6.10 Å². The Morgan fingerprint density at radius 2 is 1.50 bits per heavy atom. The van der Waals surface area contributed by atoms with Gasteiger partial charge in [0.15, 0.2) is 5.78 Å². The predicted molar refractivity (Wildman–Crippen MR) is 103 cm³/mol. The summed E-state index contributed by atoms with van der Waals surface area (Å²) in [5.41, 5.74) is 6.96. The van der Waals surface area contributed by atoms with Crippen LogP contribution in [0.3, 0.4) is 0 Å². The first-order valence-electron chi connectivity index (χ1n) is 9.09. The summed E-state index contributed by atoms with van der Waals surface area (Å²) in [5, 5.41) is 0. The van der Waals surface area contributed by atoms with Gasteiger partial charge in [0.2, 0.25) is 0 Å². The van der Waals surface area contributed by atoms with E-state index in [2.05, 4.69) is 48.5 Å². The van der Waals surface area contributed by atoms with Crippen LogP contribution in [0.2, 0.25) is 0 Å². The second-order valence-corrected chi connectivity index (χ2v) is 6.85. The van der Waals surface area contributed by atoms with Crippen molar-refractivity contribution in [3.05, 3.63) is 106 Å². The maximum atomic E-state index is 11.6. The monoisotopic (exact) mass is 342 g/mol. The molecule has 0 aliphatic heterocycles. The van der Waals surface area contributed by atoms with Crippen molar-refractivity contribution in [1.29, 1.82) is 0 Å². The molecule has 3 aromatic rings. The molecule has 2 heteroatoms. The molecule has 3 aromatic carbocycles. The maximum Gasteiger partial charge on any atom is 0.159 e. The Labute approximate surface area is 154 Å². The van der Waals surface area contributed by atoms with Crippen LogP contribution in [0, 0.1) is 0 Å². The fourth-order valence-corrected chi connectivity index (χ4v) is 3.71. The summed E-state index contributed by atoms with van der Waals surface area (Å²) in [6, 6.07) is 24.8. The van der Waals surface area contributed by atoms with Gasteiger partial charge in [0.25, 0.3) is 0 Å². The summed E-state index contributed by atoms with van der Waals surface area (Å²) in [5.74, 6) is 0.0806. The molecule has 2 nitrogen and oxygen atoms in total. The fraction of sp³-hybridized carbons (Fsp3) is 0.208. The third-order valence-electron chi connectivity index (χ3n) is 5.09. The second-order valence-electron chi connectivity index (χ2n) is 6.85. The van der Waals surface area contributed by atoms with Crippen LogP contribution in [0.4, 0.5) is 0 Å². The van der Waals surface area contributed by atoms with Crippen molar-refractivity contribution in [3.63, 3.8) is 0 Å². The predicted octanol–water partition coefficient (Wildman–Crippen LogP) is 5.29. The van der Waals surface area contributed by atoms with E-state index < -0.39 is 0 Å². The number of aryl methyl sites for hydroxylation is 2. The molecule has 0 spiro atoms. The van der Waals surface area contributed by atoms with E-state index in [1.807, 2.05) is 24.3 Å². The van der Waals surface area contributed by atoms with E-state index in [0.29, 0.717) is 6.61 Å². The van der Waals surface area contributed by atoms with E-state index in [9.17, 15) is 4.79 Å². The van der Waals surface area contributed by atoms with Gasteiger partial charge in [-0.3, -0.25) is 4.79 Å². The molecule has 130 valence electrons. The highest BCUT2D eigenvalue weighted by atomic mass is 16.5. The lowest BCUT2D eigenvalue weighted by molar-refractivity contribution is 0.0663. The van der Waals surface area contributed by atoms with E-state index in [1.165, 1.54) is 22.3 Å². The number of carbonyl (C=O) groups is 1. The molecule has 0 unspecified atom stereocenters. The van der Waals surface area contributed by atoms with Gasteiger partial charge in [0.05, 0.1) is 6.61 Å². The Morgan fingerprint density at radius 1 is 0.885 bits per heavy atom. The number of hydrogen-bond donors (Lipinski definition) is 0. The number of rotatable bonds is 4. The number of ketones is 1. The first kappa shape index (κ1) is 16.7. The summed E-state index contributed by atoms with van der Waals surface area (Å²) in [4.78, 5) is 11.6. The summed E-state index contributed by atoms with van der Waals surface area (Å²) >= 11 is 0. The topological polar surface area (TPSA) is 26.3 Å². The summed E-state index contributed by atoms with van der Waals surface area (Å²) in [6.07, 6.45) is 1.99. The standard InChI is InChI=1S/C24H22O2/c1-17(25)21-10-6-7-18(15-21)16-26-24-22-11-4-2-8-19(22)13-14-20-9-3-5-12-23(20)24/h2-12,15,24H,13-14,16H2,1H3. The van der Waals surface area contributed by atoms with Gasteiger partial charge in [-0.05, 0) is 53.6 Å². The minimum Gasteiger partial charge on any atom is -0.364 e. The highest BCUT2D eigenvalue weighted by molar-refractivity contribution is 5.94. The maximum absolute atomic E-state index is 11.6. The smallest absolute Gasteiger partial charge is 0.159 e. The summed E-state index contributed by atoms with van der Waals surface area (Å²) < 4.78 is 6.43. The summed E-state index contributed by atoms with van der Waals surface area (Å²) in [6.45, 7) is 2.08. The van der Waals surface area contributed by atoms with Gasteiger partial charge < -0.3 is 4.74 Å². The molecule has 0 amide bonds. The van der Waals surface area contributed by atoms with Crippen LogP contribution in [0.15, 0.2) is 72.8 Å². The lowest BCUT2D eigenvalue weighted by Gasteiger charge is -2.21. The highest BCUT2D eigenvalue weighted by Gasteiger charge is 2.23. The highest BCUT2D eigenvalue weighted by Crippen LogP contribution is 2.35. The molecule has 1 aliphatic carbocycles. The average Bonchev–Trinajstić information content (AvgIpc) is 2.83. The number of fused-ring (bicyclic) bond motifs is 2. The Morgan fingerprint density at radius 3 is 2.12 bits per heavy atom. The molecular weight excluding hydrogens is 320 g/mol. The molecular formula is C24H22O2. The Hall–Kier alpha value is -2.71. The van der Waals surface area contributed by atoms with Crippen molar-refractivity contribution >= 4 is 5.78 Å². The summed E-state index contributed by atoms with van der Waals surface area (Å²) in [7, 11) is 0. The third kappa shape index (κ3) is 3.33. The van der Waals surface area contributed by atoms with Crippen LogP contribution >= 0.6 is 0 Å². The van der Waals surface area contributed by atoms with E-state index in [4.69, 9.17) is 4.74 Å². The van der Waals surface area contributed by atoms with Crippen LogP contribution in [0.1, 0.15) is 51.2 Å². The van der Waals surface area contributed by atoms with Gasteiger partial charge >= 0.3 is 0 Å². The van der Waals surface area contributed by atoms with E-state index in [0.717, 1.165) is 24.0 Å². The van der Waals surface area contributed by atoms with E-state index in [-0.39, 0.29) is 11.9 Å². The number of ether oxygens (including phenoxy) is 1. The fourth-order valence-electron chi connectivity index (χ4n) is 3.71. The third-order valence-corrected chi connectivity index (χ3v) is 5.09. The van der Waals surface area contributed by atoms with Gasteiger partial charge in [0, 0.05) is 5.56 Å². The Kier molecular flexibility index (Phi) is 4.68. The van der Waals surface area contributed by atoms with Crippen molar-refractivity contribution in [2.45, 2.75) is 32.5 Å². The quantitative estimate of drug-likeness (QED) is 0.602. The van der Waals surface area contributed by atoms with Crippen LogP contribution in [0.25, 0.3) is 0 Å². The van der Waals surface area contributed by atoms with E-state index >= 15 is 0 Å². The first-order valence-corrected chi connectivity index (χ1v) is 9.09. The number of Topliss-reactive ketones (excluding diaryl/α,β-unsaturated/α-hetero) is 1. The normalized spacial score (nSPS) is 13.6. The average molecular weight is 342 g/mol. The van der Waals surface area contributed by atoms with Crippen molar-refractivity contribution in [1.82, 2.24) is 0 Å². The van der Waals surface area contributed by atoms with Crippen molar-refractivity contribution in [2.75, 3.05) is 0 Å². The molecule has 0 saturated carbocycles. The minimum absolute atomic E-state index is 0.0779. The molecule has 26 heavy (non-hydrogen) atoms. The molecule has 0 heterocycles. The largest absolute Gasteiger partial charge is 0.364 e. The SMILES string of the molecule is CC(=O)c1cccc(COC2c3ccccc3CCc3ccccc32)c1. The number of hydrogen-bond acceptors (Lipinski definition) is 2. The van der Waals surface area contributed by atoms with Crippen molar-refractivity contribution < 1.29 is 9.53 Å².